The zero-order chi connectivity index (χ0) is 16.1. The van der Waals surface area contributed by atoms with E-state index >= 15 is 0 Å². The predicted molar refractivity (Wildman–Crippen MR) is 63.0 cm³/mol. The maximum absolute atomic E-state index is 13.2. The number of ether oxygens (including phenoxy) is 1. The Kier molecular flexibility index (Phi) is 3.47. The van der Waals surface area contributed by atoms with Crippen molar-refractivity contribution < 1.29 is 38.0 Å². The molecule has 0 aromatic rings. The number of ketones is 1. The molecular formula is C14H15F2O6-. The van der Waals surface area contributed by atoms with Gasteiger partial charge in [-0.1, -0.05) is 0 Å². The van der Waals surface area contributed by atoms with Gasteiger partial charge in [-0.05, 0) is 38.0 Å². The quantitative estimate of drug-likeness (QED) is 0.423. The van der Waals surface area contributed by atoms with Gasteiger partial charge in [0, 0.05) is 11.8 Å². The summed E-state index contributed by atoms with van der Waals surface area (Å²) >= 11 is 0. The van der Waals surface area contributed by atoms with Crippen molar-refractivity contribution in [1.82, 2.24) is 0 Å². The van der Waals surface area contributed by atoms with Crippen LogP contribution >= 0.6 is 0 Å². The van der Waals surface area contributed by atoms with Crippen molar-refractivity contribution in [2.24, 2.45) is 23.2 Å². The van der Waals surface area contributed by atoms with Crippen LogP contribution in [0, 0.1) is 23.2 Å². The molecule has 0 aliphatic heterocycles. The summed E-state index contributed by atoms with van der Waals surface area (Å²) in [4.78, 5) is 37.6. The molecule has 4 fully saturated rings. The van der Waals surface area contributed by atoms with Gasteiger partial charge in [0.15, 0.2) is 6.61 Å². The third kappa shape index (κ3) is 2.29. The fourth-order valence-electron chi connectivity index (χ4n) is 4.43. The number of hydrogen-bond acceptors (Lipinski definition) is 6. The summed E-state index contributed by atoms with van der Waals surface area (Å²) in [5, 5.41) is 9.77. The Morgan fingerprint density at radius 2 is 1.82 bits per heavy atom. The lowest BCUT2D eigenvalue weighted by Gasteiger charge is -2.53. The standard InChI is InChI=1S/C14H16F2O6/c15-14(16,12(19)22-20)6-21-11(18)13-3-7-1-8(4-13)10(17)9(2-7)5-13/h7-9,20H,1-6H2/p-1. The van der Waals surface area contributed by atoms with Gasteiger partial charge in [-0.3, -0.25) is 9.59 Å². The minimum Gasteiger partial charge on any atom is -0.661 e. The lowest BCUT2D eigenvalue weighted by molar-refractivity contribution is -0.659. The number of alkyl halides is 2. The molecule has 4 aliphatic rings. The van der Waals surface area contributed by atoms with Crippen molar-refractivity contribution in [3.63, 3.8) is 0 Å². The van der Waals surface area contributed by atoms with Crippen molar-refractivity contribution in [1.29, 1.82) is 0 Å². The number of halogens is 2. The van der Waals surface area contributed by atoms with Gasteiger partial charge in [-0.2, -0.15) is 8.78 Å². The molecule has 0 amide bonds. The van der Waals surface area contributed by atoms with E-state index < -0.39 is 29.9 Å². The van der Waals surface area contributed by atoms with E-state index in [1.807, 2.05) is 0 Å². The first-order valence-electron chi connectivity index (χ1n) is 7.20. The highest BCUT2D eigenvalue weighted by molar-refractivity contribution is 5.89. The van der Waals surface area contributed by atoms with Crippen LogP contribution in [0.5, 0.6) is 0 Å². The Morgan fingerprint density at radius 3 is 2.36 bits per heavy atom. The monoisotopic (exact) mass is 317 g/mol. The first kappa shape index (κ1) is 15.3. The molecule has 0 radical (unpaired) electrons. The molecule has 0 N–H and O–H groups in total. The number of hydrogen-bond donors (Lipinski definition) is 0. The largest absolute Gasteiger partial charge is 0.661 e. The van der Waals surface area contributed by atoms with Crippen molar-refractivity contribution in [2.75, 3.05) is 6.61 Å². The van der Waals surface area contributed by atoms with Crippen LogP contribution in [0.4, 0.5) is 8.78 Å². The van der Waals surface area contributed by atoms with Crippen LogP contribution in [0.1, 0.15) is 32.1 Å². The topological polar surface area (TPSA) is 92.7 Å². The zero-order valence-corrected chi connectivity index (χ0v) is 11.7. The molecule has 2 unspecified atom stereocenters. The molecule has 8 heteroatoms. The van der Waals surface area contributed by atoms with Crippen molar-refractivity contribution in [3.05, 3.63) is 0 Å². The summed E-state index contributed by atoms with van der Waals surface area (Å²) in [6.07, 6.45) is 2.69. The molecule has 0 aromatic heterocycles. The molecule has 2 atom stereocenters. The van der Waals surface area contributed by atoms with Crippen LogP contribution in [0.3, 0.4) is 0 Å². The Labute approximate surface area is 124 Å². The van der Waals surface area contributed by atoms with Crippen LogP contribution in [-0.4, -0.2) is 30.3 Å². The summed E-state index contributed by atoms with van der Waals surface area (Å²) in [6, 6.07) is 0. The second-order valence-electron chi connectivity index (χ2n) is 6.68. The summed E-state index contributed by atoms with van der Waals surface area (Å²) in [7, 11) is 0. The molecular weight excluding hydrogens is 302 g/mol. The first-order valence-corrected chi connectivity index (χ1v) is 7.20. The van der Waals surface area contributed by atoms with E-state index in [4.69, 9.17) is 0 Å². The van der Waals surface area contributed by atoms with E-state index in [9.17, 15) is 28.4 Å². The smallest absolute Gasteiger partial charge is 0.375 e. The second kappa shape index (κ2) is 4.97. The molecule has 6 nitrogen and oxygen atoms in total. The molecule has 4 bridgehead atoms. The molecule has 4 rings (SSSR count). The van der Waals surface area contributed by atoms with E-state index in [1.54, 1.807) is 0 Å². The molecule has 4 aliphatic carbocycles. The van der Waals surface area contributed by atoms with E-state index in [0.717, 1.165) is 12.8 Å². The molecule has 122 valence electrons. The van der Waals surface area contributed by atoms with E-state index in [1.165, 1.54) is 0 Å². The number of carbonyl (C=O) groups excluding carboxylic acids is 3. The van der Waals surface area contributed by atoms with Crippen molar-refractivity contribution >= 4 is 17.7 Å². The van der Waals surface area contributed by atoms with Gasteiger partial charge in [0.25, 0.3) is 0 Å². The lowest BCUT2D eigenvalue weighted by Crippen LogP contribution is -2.55. The Morgan fingerprint density at radius 1 is 1.23 bits per heavy atom. The number of carbonyl (C=O) groups is 3. The van der Waals surface area contributed by atoms with E-state index in [-0.39, 0.29) is 23.5 Å². The van der Waals surface area contributed by atoms with Crippen LogP contribution in [0.15, 0.2) is 0 Å². The summed E-state index contributed by atoms with van der Waals surface area (Å²) in [6.45, 7) is -1.51. The van der Waals surface area contributed by atoms with Crippen molar-refractivity contribution in [3.8, 4) is 0 Å². The van der Waals surface area contributed by atoms with Crippen LogP contribution < -0.4 is 5.26 Å². The van der Waals surface area contributed by atoms with Gasteiger partial charge in [-0.25, -0.2) is 4.79 Å². The zero-order valence-electron chi connectivity index (χ0n) is 11.7. The number of rotatable bonds is 4. The average Bonchev–Trinajstić information content (AvgIpc) is 2.48. The molecule has 0 heterocycles. The van der Waals surface area contributed by atoms with Gasteiger partial charge < -0.3 is 14.9 Å². The van der Waals surface area contributed by atoms with E-state index in [2.05, 4.69) is 9.62 Å². The lowest BCUT2D eigenvalue weighted by atomic mass is 9.49. The minimum absolute atomic E-state index is 0.166. The van der Waals surface area contributed by atoms with Crippen LogP contribution in [0.25, 0.3) is 0 Å². The van der Waals surface area contributed by atoms with E-state index in [0.29, 0.717) is 19.3 Å². The third-order valence-electron chi connectivity index (χ3n) is 5.19. The Hall–Kier alpha value is -1.57. The molecule has 0 aromatic carbocycles. The molecule has 0 saturated heterocycles. The minimum atomic E-state index is -4.16. The highest BCUT2D eigenvalue weighted by atomic mass is 19.3. The van der Waals surface area contributed by atoms with Gasteiger partial charge in [0.1, 0.15) is 5.78 Å². The summed E-state index contributed by atoms with van der Waals surface area (Å²) in [5.74, 6) is -7.21. The molecule has 22 heavy (non-hydrogen) atoms. The number of esters is 1. The van der Waals surface area contributed by atoms with Gasteiger partial charge in [-0.15, -0.1) is 0 Å². The highest BCUT2D eigenvalue weighted by Crippen LogP contribution is 2.59. The normalized spacial score (nSPS) is 36.3. The maximum atomic E-state index is 13.2. The van der Waals surface area contributed by atoms with Crippen LogP contribution in [-0.2, 0) is 24.0 Å². The number of Topliss-reactive ketones (excluding diaryl/α,β-unsaturated/α-hetero) is 1. The average molecular weight is 317 g/mol. The molecule has 4 saturated carbocycles. The summed E-state index contributed by atoms with van der Waals surface area (Å²) in [5.41, 5.74) is -0.901. The first-order chi connectivity index (χ1) is 10.3. The maximum Gasteiger partial charge on any atom is 0.375 e. The van der Waals surface area contributed by atoms with Crippen molar-refractivity contribution in [2.45, 2.75) is 38.0 Å². The second-order valence-corrected chi connectivity index (χ2v) is 6.68. The Bertz CT molecular complexity index is 513. The molecule has 0 spiro atoms. The fraction of sp³-hybridized carbons (Fsp3) is 0.786. The van der Waals surface area contributed by atoms with Gasteiger partial charge >= 0.3 is 17.9 Å². The van der Waals surface area contributed by atoms with Gasteiger partial charge in [0.05, 0.1) is 5.41 Å². The van der Waals surface area contributed by atoms with Gasteiger partial charge in [0.2, 0.25) is 0 Å². The summed E-state index contributed by atoms with van der Waals surface area (Å²) < 4.78 is 31.0. The fourth-order valence-corrected chi connectivity index (χ4v) is 4.43. The Balaban J connectivity index is 1.68. The SMILES string of the molecule is O=C1C2CC3CC1CC(C(=O)OCC(F)(F)C(=O)O[O-])(C3)C2. The highest BCUT2D eigenvalue weighted by Gasteiger charge is 2.59. The third-order valence-corrected chi connectivity index (χ3v) is 5.19. The van der Waals surface area contributed by atoms with Crippen LogP contribution in [0.2, 0.25) is 0 Å². The predicted octanol–water partition coefficient (Wildman–Crippen LogP) is 0.379.